The van der Waals surface area contributed by atoms with Crippen LogP contribution in [0.4, 0.5) is 0 Å². The Labute approximate surface area is 148 Å². The first kappa shape index (κ1) is 16.6. The number of aryl methyl sites for hydroxylation is 2. The van der Waals surface area contributed by atoms with Gasteiger partial charge in [-0.25, -0.2) is 0 Å². The molecule has 3 nitrogen and oxygen atoms in total. The molecule has 0 bridgehead atoms. The summed E-state index contributed by atoms with van der Waals surface area (Å²) in [4.78, 5) is 18.3. The topological polar surface area (TPSA) is 34.4 Å². The van der Waals surface area contributed by atoms with Crippen molar-refractivity contribution in [2.45, 2.75) is 20.4 Å². The van der Waals surface area contributed by atoms with Gasteiger partial charge in [-0.15, -0.1) is 17.9 Å². The number of benzene rings is 1. The molecular formula is C19H18N2OS2. The van der Waals surface area contributed by atoms with Gasteiger partial charge in [-0.1, -0.05) is 29.5 Å². The molecule has 0 unspecified atom stereocenters. The number of thiophene rings is 1. The molecule has 3 aromatic rings. The van der Waals surface area contributed by atoms with Crippen LogP contribution in [-0.2, 0) is 11.3 Å². The van der Waals surface area contributed by atoms with Crippen LogP contribution in [0.1, 0.15) is 16.0 Å². The third kappa shape index (κ3) is 3.47. The minimum Gasteiger partial charge on any atom is -0.312 e. The fourth-order valence-electron chi connectivity index (χ4n) is 2.57. The lowest BCUT2D eigenvalue weighted by atomic mass is 10.1. The van der Waals surface area contributed by atoms with E-state index in [1.807, 2.05) is 28.2 Å². The molecule has 0 spiro atoms. The second-order valence-electron chi connectivity index (χ2n) is 5.51. The Balaban J connectivity index is 2.07. The first-order chi connectivity index (χ1) is 11.6. The Morgan fingerprint density at radius 1 is 1.38 bits per heavy atom. The summed E-state index contributed by atoms with van der Waals surface area (Å²) >= 11 is 3.14. The van der Waals surface area contributed by atoms with E-state index in [-0.39, 0.29) is 5.91 Å². The van der Waals surface area contributed by atoms with Gasteiger partial charge in [0.25, 0.3) is 5.91 Å². The second-order valence-corrected chi connectivity index (χ2v) is 7.47. The molecule has 0 N–H and O–H groups in total. The van der Waals surface area contributed by atoms with E-state index in [4.69, 9.17) is 0 Å². The number of rotatable bonds is 4. The Kier molecular flexibility index (Phi) is 4.92. The van der Waals surface area contributed by atoms with E-state index < -0.39 is 0 Å². The third-order valence-electron chi connectivity index (χ3n) is 3.57. The molecule has 1 aromatic carbocycles. The summed E-state index contributed by atoms with van der Waals surface area (Å²) < 4.78 is 3.21. The van der Waals surface area contributed by atoms with Gasteiger partial charge in [0.1, 0.15) is 0 Å². The molecule has 122 valence electrons. The molecular weight excluding hydrogens is 336 g/mol. The van der Waals surface area contributed by atoms with Gasteiger partial charge in [-0.3, -0.25) is 4.79 Å². The van der Waals surface area contributed by atoms with Crippen LogP contribution >= 0.6 is 22.7 Å². The highest BCUT2D eigenvalue weighted by atomic mass is 32.1. The van der Waals surface area contributed by atoms with Crippen molar-refractivity contribution in [2.24, 2.45) is 4.99 Å². The number of thiazole rings is 1. The van der Waals surface area contributed by atoms with E-state index in [9.17, 15) is 4.79 Å². The first-order valence-electron chi connectivity index (χ1n) is 7.60. The average molecular weight is 355 g/mol. The number of allylic oxidation sites excluding steroid dienone is 1. The summed E-state index contributed by atoms with van der Waals surface area (Å²) in [5.41, 5.74) is 3.51. The zero-order valence-corrected chi connectivity index (χ0v) is 15.3. The summed E-state index contributed by atoms with van der Waals surface area (Å²) in [5.74, 6) is -0.248. The Bertz CT molecular complexity index is 988. The molecule has 1 amide bonds. The van der Waals surface area contributed by atoms with Gasteiger partial charge in [-0.05, 0) is 48.6 Å². The molecule has 0 radical (unpaired) electrons. The number of carbonyl (C=O) groups is 1. The lowest BCUT2D eigenvalue weighted by molar-refractivity contribution is -0.113. The van der Waals surface area contributed by atoms with E-state index >= 15 is 0 Å². The Morgan fingerprint density at radius 2 is 2.21 bits per heavy atom. The zero-order chi connectivity index (χ0) is 17.1. The van der Waals surface area contributed by atoms with Gasteiger partial charge < -0.3 is 4.57 Å². The van der Waals surface area contributed by atoms with Gasteiger partial charge in [0.05, 0.1) is 10.2 Å². The minimum absolute atomic E-state index is 0.248. The van der Waals surface area contributed by atoms with E-state index in [0.717, 1.165) is 15.1 Å². The molecule has 0 aliphatic carbocycles. The lowest BCUT2D eigenvalue weighted by Gasteiger charge is -2.03. The van der Waals surface area contributed by atoms with Crippen LogP contribution in [0.5, 0.6) is 0 Å². The summed E-state index contributed by atoms with van der Waals surface area (Å²) in [6, 6.07) is 8.21. The number of fused-ring (bicyclic) bond motifs is 1. The van der Waals surface area contributed by atoms with Gasteiger partial charge in [0.15, 0.2) is 4.80 Å². The number of nitrogens with zero attached hydrogens (tertiary/aromatic N) is 2. The molecule has 24 heavy (non-hydrogen) atoms. The zero-order valence-electron chi connectivity index (χ0n) is 13.7. The van der Waals surface area contributed by atoms with Crippen molar-refractivity contribution in [3.63, 3.8) is 0 Å². The predicted molar refractivity (Wildman–Crippen MR) is 103 cm³/mol. The highest BCUT2D eigenvalue weighted by Gasteiger charge is 2.09. The third-order valence-corrected chi connectivity index (χ3v) is 5.63. The maximum Gasteiger partial charge on any atom is 0.272 e. The van der Waals surface area contributed by atoms with Gasteiger partial charge in [0.2, 0.25) is 0 Å². The van der Waals surface area contributed by atoms with Crippen LogP contribution in [-0.4, -0.2) is 10.5 Å². The molecule has 2 aromatic heterocycles. The van der Waals surface area contributed by atoms with E-state index in [0.29, 0.717) is 11.3 Å². The molecule has 0 aliphatic heterocycles. The highest BCUT2D eigenvalue weighted by molar-refractivity contribution is 7.16. The molecule has 0 saturated carbocycles. The summed E-state index contributed by atoms with van der Waals surface area (Å²) in [5, 5.41) is 1.98. The first-order valence-corrected chi connectivity index (χ1v) is 9.30. The predicted octanol–water partition coefficient (Wildman–Crippen LogP) is 4.71. The number of hydrogen-bond donors (Lipinski definition) is 0. The molecule has 0 aliphatic rings. The second kappa shape index (κ2) is 7.11. The smallest absolute Gasteiger partial charge is 0.272 e. The fourth-order valence-corrected chi connectivity index (χ4v) is 4.29. The van der Waals surface area contributed by atoms with Crippen molar-refractivity contribution in [1.82, 2.24) is 4.57 Å². The van der Waals surface area contributed by atoms with E-state index in [1.165, 1.54) is 17.2 Å². The van der Waals surface area contributed by atoms with Crippen LogP contribution in [0.3, 0.4) is 0 Å². The highest BCUT2D eigenvalue weighted by Crippen LogP contribution is 2.23. The summed E-state index contributed by atoms with van der Waals surface area (Å²) in [6.07, 6.45) is 5.15. The Morgan fingerprint density at radius 3 is 2.92 bits per heavy atom. The molecule has 0 saturated heterocycles. The summed E-state index contributed by atoms with van der Waals surface area (Å²) in [7, 11) is 0. The monoisotopic (exact) mass is 354 g/mol. The minimum atomic E-state index is -0.248. The van der Waals surface area contributed by atoms with Crippen molar-refractivity contribution in [2.75, 3.05) is 0 Å². The largest absolute Gasteiger partial charge is 0.312 e. The average Bonchev–Trinajstić information content (AvgIpc) is 3.15. The van der Waals surface area contributed by atoms with E-state index in [2.05, 4.69) is 37.6 Å². The normalized spacial score (nSPS) is 12.3. The van der Waals surface area contributed by atoms with Crippen molar-refractivity contribution in [1.29, 1.82) is 0 Å². The SMILES string of the molecule is C=CCn1c(=NC(=O)C=Cc2cccs2)sc2c(C)cc(C)cc21. The molecule has 3 rings (SSSR count). The number of carbonyl (C=O) groups excluding carboxylic acids is 1. The standard InChI is InChI=1S/C19H18N2OS2/c1-4-9-21-16-12-13(2)11-14(3)18(16)24-19(21)20-17(22)8-7-15-6-5-10-23-15/h4-8,10-12H,1,9H2,2-3H3. The summed E-state index contributed by atoms with van der Waals surface area (Å²) in [6.45, 7) is 8.62. The molecule has 5 heteroatoms. The van der Waals surface area contributed by atoms with Crippen LogP contribution in [0, 0.1) is 13.8 Å². The molecule has 2 heterocycles. The number of hydrogen-bond acceptors (Lipinski definition) is 3. The van der Waals surface area contributed by atoms with Crippen molar-refractivity contribution < 1.29 is 4.79 Å². The van der Waals surface area contributed by atoms with E-state index in [1.54, 1.807) is 28.7 Å². The van der Waals surface area contributed by atoms with Gasteiger partial charge >= 0.3 is 0 Å². The van der Waals surface area contributed by atoms with Gasteiger partial charge in [0, 0.05) is 17.5 Å². The van der Waals surface area contributed by atoms with Crippen LogP contribution in [0.25, 0.3) is 16.3 Å². The molecule has 0 fully saturated rings. The number of amides is 1. The maximum atomic E-state index is 12.2. The van der Waals surface area contributed by atoms with Crippen LogP contribution in [0.2, 0.25) is 0 Å². The van der Waals surface area contributed by atoms with Crippen molar-refractivity contribution in [3.05, 3.63) is 69.2 Å². The van der Waals surface area contributed by atoms with Crippen molar-refractivity contribution in [3.8, 4) is 0 Å². The quantitative estimate of drug-likeness (QED) is 0.493. The Hall–Kier alpha value is -2.24. The van der Waals surface area contributed by atoms with Crippen LogP contribution < -0.4 is 4.80 Å². The number of aromatic nitrogens is 1. The lowest BCUT2D eigenvalue weighted by Crippen LogP contribution is -2.15. The fraction of sp³-hybridized carbons (Fsp3) is 0.158. The van der Waals surface area contributed by atoms with Gasteiger partial charge in [-0.2, -0.15) is 4.99 Å². The van der Waals surface area contributed by atoms with Crippen LogP contribution in [0.15, 0.2) is 53.4 Å². The molecule has 0 atom stereocenters. The van der Waals surface area contributed by atoms with Crippen molar-refractivity contribution >= 4 is 44.9 Å². The maximum absolute atomic E-state index is 12.2.